The average molecular weight is 262 g/mol. The van der Waals surface area contributed by atoms with Crippen LogP contribution in [0.2, 0.25) is 0 Å². The number of amides is 1. The smallest absolute Gasteiger partial charge is 0.232 e. The summed E-state index contributed by atoms with van der Waals surface area (Å²) in [4.78, 5) is 14.5. The number of anilines is 2. The Morgan fingerprint density at radius 3 is 3.05 bits per heavy atom. The van der Waals surface area contributed by atoms with E-state index in [1.807, 2.05) is 18.2 Å². The number of hydrogen-bond acceptors (Lipinski definition) is 4. The SMILES string of the molecule is CCN1c2ccc(OC)cc2NC(=O)C2COCC21. The van der Waals surface area contributed by atoms with Crippen LogP contribution in [0.4, 0.5) is 11.4 Å². The number of nitrogens with zero attached hydrogens (tertiary/aromatic N) is 1. The van der Waals surface area contributed by atoms with Crippen LogP contribution in [-0.2, 0) is 9.53 Å². The first-order valence-electron chi connectivity index (χ1n) is 6.58. The van der Waals surface area contributed by atoms with Crippen LogP contribution in [0.1, 0.15) is 6.92 Å². The maximum atomic E-state index is 12.3. The van der Waals surface area contributed by atoms with Crippen molar-refractivity contribution in [2.45, 2.75) is 13.0 Å². The number of benzene rings is 1. The van der Waals surface area contributed by atoms with Crippen LogP contribution in [0.25, 0.3) is 0 Å². The second-order valence-electron chi connectivity index (χ2n) is 4.87. The monoisotopic (exact) mass is 262 g/mol. The molecule has 1 fully saturated rings. The second-order valence-corrected chi connectivity index (χ2v) is 4.87. The minimum absolute atomic E-state index is 0.0351. The molecule has 1 N–H and O–H groups in total. The van der Waals surface area contributed by atoms with Crippen LogP contribution in [0.3, 0.4) is 0 Å². The maximum absolute atomic E-state index is 12.3. The van der Waals surface area contributed by atoms with E-state index < -0.39 is 0 Å². The molecule has 5 heteroatoms. The summed E-state index contributed by atoms with van der Waals surface area (Å²) in [5.74, 6) is 0.685. The van der Waals surface area contributed by atoms with Gasteiger partial charge in [-0.1, -0.05) is 0 Å². The topological polar surface area (TPSA) is 50.8 Å². The molecule has 0 radical (unpaired) electrons. The molecule has 102 valence electrons. The van der Waals surface area contributed by atoms with Crippen LogP contribution >= 0.6 is 0 Å². The molecule has 1 amide bonds. The Balaban J connectivity index is 2.07. The fourth-order valence-corrected chi connectivity index (χ4v) is 2.90. The molecular formula is C14H18N2O3. The number of carbonyl (C=O) groups is 1. The van der Waals surface area contributed by atoms with Gasteiger partial charge in [-0.2, -0.15) is 0 Å². The van der Waals surface area contributed by atoms with Crippen molar-refractivity contribution >= 4 is 17.3 Å². The van der Waals surface area contributed by atoms with Crippen LogP contribution in [0.5, 0.6) is 5.75 Å². The van der Waals surface area contributed by atoms with Gasteiger partial charge < -0.3 is 19.7 Å². The molecule has 0 bridgehead atoms. The number of nitrogens with one attached hydrogen (secondary N) is 1. The van der Waals surface area contributed by atoms with Gasteiger partial charge in [-0.25, -0.2) is 0 Å². The Hall–Kier alpha value is -1.75. The van der Waals surface area contributed by atoms with Gasteiger partial charge in [0.05, 0.1) is 43.7 Å². The Labute approximate surface area is 112 Å². The number of ether oxygens (including phenoxy) is 2. The zero-order valence-electron chi connectivity index (χ0n) is 11.2. The van der Waals surface area contributed by atoms with E-state index in [1.54, 1.807) is 7.11 Å². The Morgan fingerprint density at radius 2 is 2.32 bits per heavy atom. The second kappa shape index (κ2) is 4.74. The number of fused-ring (bicyclic) bond motifs is 2. The largest absolute Gasteiger partial charge is 0.497 e. The van der Waals surface area contributed by atoms with E-state index in [0.29, 0.717) is 13.2 Å². The van der Waals surface area contributed by atoms with Gasteiger partial charge in [-0.3, -0.25) is 4.79 Å². The van der Waals surface area contributed by atoms with Gasteiger partial charge in [0.2, 0.25) is 5.91 Å². The third kappa shape index (κ3) is 1.94. The number of methoxy groups -OCH3 is 1. The maximum Gasteiger partial charge on any atom is 0.232 e. The van der Waals surface area contributed by atoms with Crippen LogP contribution in [0, 0.1) is 5.92 Å². The lowest BCUT2D eigenvalue weighted by atomic mass is 10.0. The summed E-state index contributed by atoms with van der Waals surface area (Å²) in [6.07, 6.45) is 0. The quantitative estimate of drug-likeness (QED) is 0.877. The molecule has 0 saturated carbocycles. The number of rotatable bonds is 2. The Morgan fingerprint density at radius 1 is 1.47 bits per heavy atom. The highest BCUT2D eigenvalue weighted by Crippen LogP contribution is 2.37. The van der Waals surface area contributed by atoms with E-state index in [-0.39, 0.29) is 17.9 Å². The van der Waals surface area contributed by atoms with Crippen molar-refractivity contribution < 1.29 is 14.3 Å². The fourth-order valence-electron chi connectivity index (χ4n) is 2.90. The Kier molecular flexibility index (Phi) is 3.06. The third-order valence-corrected chi connectivity index (χ3v) is 3.90. The summed E-state index contributed by atoms with van der Waals surface area (Å²) in [7, 11) is 1.63. The van der Waals surface area contributed by atoms with Crippen molar-refractivity contribution in [1.82, 2.24) is 0 Å². The van der Waals surface area contributed by atoms with Crippen molar-refractivity contribution in [3.8, 4) is 5.75 Å². The summed E-state index contributed by atoms with van der Waals surface area (Å²) in [5.41, 5.74) is 1.86. The molecule has 0 aliphatic carbocycles. The molecule has 1 aromatic carbocycles. The molecule has 0 aromatic heterocycles. The summed E-state index contributed by atoms with van der Waals surface area (Å²) in [6.45, 7) is 4.05. The van der Waals surface area contributed by atoms with Crippen LogP contribution in [-0.4, -0.2) is 38.8 Å². The van der Waals surface area contributed by atoms with Gasteiger partial charge in [0.15, 0.2) is 0 Å². The lowest BCUT2D eigenvalue weighted by Gasteiger charge is -2.30. The zero-order valence-corrected chi connectivity index (χ0v) is 11.2. The van der Waals surface area contributed by atoms with Gasteiger partial charge in [-0.05, 0) is 19.1 Å². The van der Waals surface area contributed by atoms with E-state index in [0.717, 1.165) is 23.7 Å². The van der Waals surface area contributed by atoms with E-state index in [4.69, 9.17) is 9.47 Å². The van der Waals surface area contributed by atoms with Gasteiger partial charge in [0.1, 0.15) is 5.75 Å². The molecule has 2 heterocycles. The molecule has 19 heavy (non-hydrogen) atoms. The molecule has 1 saturated heterocycles. The summed E-state index contributed by atoms with van der Waals surface area (Å²) < 4.78 is 10.7. The van der Waals surface area contributed by atoms with Crippen LogP contribution < -0.4 is 15.0 Å². The number of carbonyl (C=O) groups excluding carboxylic acids is 1. The summed E-state index contributed by atoms with van der Waals surface area (Å²) >= 11 is 0. The van der Waals surface area contributed by atoms with Gasteiger partial charge >= 0.3 is 0 Å². The van der Waals surface area contributed by atoms with Gasteiger partial charge in [-0.15, -0.1) is 0 Å². The molecule has 5 nitrogen and oxygen atoms in total. The number of hydrogen-bond donors (Lipinski definition) is 1. The standard InChI is InChI=1S/C14H18N2O3/c1-3-16-12-5-4-9(18-2)6-11(12)15-14(17)10-7-19-8-13(10)16/h4-6,10,13H,3,7-8H2,1-2H3,(H,15,17). The first kappa shape index (κ1) is 12.3. The van der Waals surface area contributed by atoms with Crippen molar-refractivity contribution in [1.29, 1.82) is 0 Å². The highest BCUT2D eigenvalue weighted by atomic mass is 16.5. The highest BCUT2D eigenvalue weighted by Gasteiger charge is 2.40. The molecule has 2 unspecified atom stereocenters. The first-order valence-corrected chi connectivity index (χ1v) is 6.58. The van der Waals surface area contributed by atoms with E-state index in [1.165, 1.54) is 0 Å². The van der Waals surface area contributed by atoms with E-state index >= 15 is 0 Å². The van der Waals surface area contributed by atoms with E-state index in [2.05, 4.69) is 17.1 Å². The van der Waals surface area contributed by atoms with Crippen molar-refractivity contribution in [3.63, 3.8) is 0 Å². The molecule has 3 rings (SSSR count). The molecule has 1 aromatic rings. The molecule has 2 aliphatic heterocycles. The van der Waals surface area contributed by atoms with Crippen LogP contribution in [0.15, 0.2) is 18.2 Å². The third-order valence-electron chi connectivity index (χ3n) is 3.90. The lowest BCUT2D eigenvalue weighted by molar-refractivity contribution is -0.120. The predicted molar refractivity (Wildman–Crippen MR) is 72.7 cm³/mol. The molecule has 2 aliphatic rings. The molecule has 0 spiro atoms. The van der Waals surface area contributed by atoms with Gasteiger partial charge in [0, 0.05) is 12.6 Å². The van der Waals surface area contributed by atoms with E-state index in [9.17, 15) is 4.79 Å². The fraction of sp³-hybridized carbons (Fsp3) is 0.500. The summed E-state index contributed by atoms with van der Waals surface area (Å²) in [6, 6.07) is 5.92. The predicted octanol–water partition coefficient (Wildman–Crippen LogP) is 1.49. The van der Waals surface area contributed by atoms with Crippen molar-refractivity contribution in [3.05, 3.63) is 18.2 Å². The van der Waals surface area contributed by atoms with Crippen molar-refractivity contribution in [2.24, 2.45) is 5.92 Å². The highest BCUT2D eigenvalue weighted by molar-refractivity contribution is 5.99. The first-order chi connectivity index (χ1) is 9.24. The van der Waals surface area contributed by atoms with Crippen molar-refractivity contribution in [2.75, 3.05) is 37.1 Å². The average Bonchev–Trinajstić information content (AvgIpc) is 2.86. The van der Waals surface area contributed by atoms with Gasteiger partial charge in [0.25, 0.3) is 0 Å². The minimum atomic E-state index is -0.0988. The molecule has 2 atom stereocenters. The Bertz CT molecular complexity index is 503. The lowest BCUT2D eigenvalue weighted by Crippen LogP contribution is -2.42. The minimum Gasteiger partial charge on any atom is -0.497 e. The number of likely N-dealkylation sites (N-methyl/N-ethyl adjacent to an activating group) is 1. The zero-order chi connectivity index (χ0) is 13.4. The molecular weight excluding hydrogens is 244 g/mol. The summed E-state index contributed by atoms with van der Waals surface area (Å²) in [5, 5.41) is 2.99. The normalized spacial score (nSPS) is 25.4.